The first-order chi connectivity index (χ1) is 9.01. The minimum absolute atomic E-state index is 0.373. The molecule has 0 fully saturated rings. The van der Waals surface area contributed by atoms with E-state index in [2.05, 4.69) is 5.10 Å². The van der Waals surface area contributed by atoms with E-state index in [9.17, 15) is 9.18 Å². The van der Waals surface area contributed by atoms with Crippen molar-refractivity contribution in [1.29, 1.82) is 0 Å². The van der Waals surface area contributed by atoms with Crippen LogP contribution in [0, 0.1) is 5.82 Å². The molecular formula is C13H13FN2O3. The van der Waals surface area contributed by atoms with E-state index in [1.54, 1.807) is 19.2 Å². The summed E-state index contributed by atoms with van der Waals surface area (Å²) in [4.78, 5) is 10.9. The zero-order valence-corrected chi connectivity index (χ0v) is 10.5. The molecule has 0 saturated carbocycles. The van der Waals surface area contributed by atoms with Crippen LogP contribution in [0.15, 0.2) is 30.6 Å². The van der Waals surface area contributed by atoms with E-state index in [1.165, 1.54) is 30.1 Å². The molecule has 0 aliphatic rings. The maximum absolute atomic E-state index is 13.4. The zero-order chi connectivity index (χ0) is 14.0. The number of nitrogens with zero attached hydrogens (tertiary/aromatic N) is 2. The van der Waals surface area contributed by atoms with Gasteiger partial charge in [-0.15, -0.1) is 0 Å². The molecule has 2 aromatic rings. The number of methoxy groups -OCH3 is 1. The van der Waals surface area contributed by atoms with Crippen molar-refractivity contribution >= 4 is 5.97 Å². The highest BCUT2D eigenvalue weighted by molar-refractivity contribution is 5.75. The van der Waals surface area contributed by atoms with Gasteiger partial charge in [0.05, 0.1) is 24.9 Å². The summed E-state index contributed by atoms with van der Waals surface area (Å²) in [5.74, 6) is -1.67. The summed E-state index contributed by atoms with van der Waals surface area (Å²) in [6, 6.07) is 4.17. The second-order valence-corrected chi connectivity index (χ2v) is 4.13. The second-order valence-electron chi connectivity index (χ2n) is 4.13. The highest BCUT2D eigenvalue weighted by Gasteiger charge is 2.16. The standard InChI is InChI=1S/C13H13FN2O3/c1-8(13(17)18)9-6-15-16(7-9)11-3-10(14)4-12(5-11)19-2/h3-8H,1-2H3,(H,17,18). The number of carboxylic acids is 1. The minimum atomic E-state index is -0.934. The van der Waals surface area contributed by atoms with Crippen LogP contribution in [0.4, 0.5) is 4.39 Å². The van der Waals surface area contributed by atoms with Crippen molar-refractivity contribution in [2.24, 2.45) is 0 Å². The van der Waals surface area contributed by atoms with Gasteiger partial charge in [-0.25, -0.2) is 9.07 Å². The molecule has 100 valence electrons. The first kappa shape index (κ1) is 13.1. The lowest BCUT2D eigenvalue weighted by molar-refractivity contribution is -0.138. The molecule has 19 heavy (non-hydrogen) atoms. The first-order valence-corrected chi connectivity index (χ1v) is 5.63. The van der Waals surface area contributed by atoms with Gasteiger partial charge in [0.1, 0.15) is 11.6 Å². The Labute approximate surface area is 109 Å². The molecule has 0 saturated heterocycles. The van der Waals surface area contributed by atoms with Gasteiger partial charge in [0.25, 0.3) is 0 Å². The van der Waals surface area contributed by atoms with E-state index >= 15 is 0 Å². The monoisotopic (exact) mass is 264 g/mol. The van der Waals surface area contributed by atoms with E-state index in [0.29, 0.717) is 17.0 Å². The average Bonchev–Trinajstić information content (AvgIpc) is 2.86. The van der Waals surface area contributed by atoms with Crippen molar-refractivity contribution in [3.05, 3.63) is 42.0 Å². The molecule has 6 heteroatoms. The summed E-state index contributed by atoms with van der Waals surface area (Å²) in [6.45, 7) is 1.57. The average molecular weight is 264 g/mol. The largest absolute Gasteiger partial charge is 0.497 e. The van der Waals surface area contributed by atoms with Gasteiger partial charge in [-0.1, -0.05) is 0 Å². The van der Waals surface area contributed by atoms with Crippen LogP contribution in [0.2, 0.25) is 0 Å². The summed E-state index contributed by atoms with van der Waals surface area (Å²) in [5, 5.41) is 13.0. The number of benzene rings is 1. The number of carboxylic acid groups (broad SMARTS) is 1. The molecular weight excluding hydrogens is 251 g/mol. The number of ether oxygens (including phenoxy) is 1. The Bertz CT molecular complexity index is 610. The third-order valence-corrected chi connectivity index (χ3v) is 2.83. The van der Waals surface area contributed by atoms with Crippen LogP contribution < -0.4 is 4.74 Å². The van der Waals surface area contributed by atoms with Gasteiger partial charge < -0.3 is 9.84 Å². The first-order valence-electron chi connectivity index (χ1n) is 5.63. The normalized spacial score (nSPS) is 12.2. The molecule has 0 aliphatic carbocycles. The molecule has 5 nitrogen and oxygen atoms in total. The lowest BCUT2D eigenvalue weighted by Crippen LogP contribution is -2.06. The third-order valence-electron chi connectivity index (χ3n) is 2.83. The molecule has 0 amide bonds. The van der Waals surface area contributed by atoms with Crippen molar-refractivity contribution in [1.82, 2.24) is 9.78 Å². The van der Waals surface area contributed by atoms with Crippen LogP contribution >= 0.6 is 0 Å². The predicted octanol–water partition coefficient (Wildman–Crippen LogP) is 2.21. The maximum atomic E-state index is 13.4. The van der Waals surface area contributed by atoms with Crippen LogP contribution in [0.25, 0.3) is 5.69 Å². The highest BCUT2D eigenvalue weighted by atomic mass is 19.1. The van der Waals surface area contributed by atoms with Gasteiger partial charge in [-0.2, -0.15) is 5.10 Å². The number of hydrogen-bond acceptors (Lipinski definition) is 3. The summed E-state index contributed by atoms with van der Waals surface area (Å²) in [5.41, 5.74) is 1.02. The SMILES string of the molecule is COc1cc(F)cc(-n2cc(C(C)C(=O)O)cn2)c1. The van der Waals surface area contributed by atoms with Crippen LogP contribution in [-0.4, -0.2) is 28.0 Å². The number of aromatic nitrogens is 2. The lowest BCUT2D eigenvalue weighted by Gasteiger charge is -2.05. The molecule has 0 spiro atoms. The van der Waals surface area contributed by atoms with E-state index < -0.39 is 17.7 Å². The summed E-state index contributed by atoms with van der Waals surface area (Å²) < 4.78 is 19.8. The number of hydrogen-bond donors (Lipinski definition) is 1. The highest BCUT2D eigenvalue weighted by Crippen LogP contribution is 2.21. The molecule has 0 radical (unpaired) electrons. The van der Waals surface area contributed by atoms with E-state index in [1.807, 2.05) is 0 Å². The Hall–Kier alpha value is -2.37. The molecule has 1 aromatic heterocycles. The van der Waals surface area contributed by atoms with Gasteiger partial charge in [-0.05, 0) is 13.0 Å². The van der Waals surface area contributed by atoms with Gasteiger partial charge in [0, 0.05) is 23.9 Å². The fourth-order valence-corrected chi connectivity index (χ4v) is 1.64. The van der Waals surface area contributed by atoms with Crippen molar-refractivity contribution in [2.75, 3.05) is 7.11 Å². The van der Waals surface area contributed by atoms with Gasteiger partial charge in [0.2, 0.25) is 0 Å². The van der Waals surface area contributed by atoms with Crippen molar-refractivity contribution < 1.29 is 19.0 Å². The maximum Gasteiger partial charge on any atom is 0.310 e. The van der Waals surface area contributed by atoms with E-state index in [4.69, 9.17) is 9.84 Å². The Morgan fingerprint density at radius 1 is 1.47 bits per heavy atom. The molecule has 1 N–H and O–H groups in total. The van der Waals surface area contributed by atoms with Crippen molar-refractivity contribution in [3.63, 3.8) is 0 Å². The molecule has 0 bridgehead atoms. The minimum Gasteiger partial charge on any atom is -0.497 e. The smallest absolute Gasteiger partial charge is 0.310 e. The molecule has 1 atom stereocenters. The quantitative estimate of drug-likeness (QED) is 0.919. The van der Waals surface area contributed by atoms with Crippen LogP contribution in [0.5, 0.6) is 5.75 Å². The topological polar surface area (TPSA) is 64.3 Å². The Morgan fingerprint density at radius 3 is 2.84 bits per heavy atom. The molecule has 1 unspecified atom stereocenters. The third kappa shape index (κ3) is 2.73. The fraction of sp³-hybridized carbons (Fsp3) is 0.231. The summed E-state index contributed by atoms with van der Waals surface area (Å²) in [6.07, 6.45) is 3.02. The van der Waals surface area contributed by atoms with Gasteiger partial charge in [-0.3, -0.25) is 4.79 Å². The Kier molecular flexibility index (Phi) is 3.50. The van der Waals surface area contributed by atoms with E-state index in [-0.39, 0.29) is 0 Å². The van der Waals surface area contributed by atoms with Crippen LogP contribution in [0.1, 0.15) is 18.4 Å². The molecule has 2 rings (SSSR count). The number of rotatable bonds is 4. The summed E-state index contributed by atoms with van der Waals surface area (Å²) in [7, 11) is 1.44. The number of halogens is 1. The van der Waals surface area contributed by atoms with Crippen molar-refractivity contribution in [3.8, 4) is 11.4 Å². The number of carbonyl (C=O) groups is 1. The Morgan fingerprint density at radius 2 is 2.21 bits per heavy atom. The molecule has 1 aromatic carbocycles. The van der Waals surface area contributed by atoms with Crippen LogP contribution in [0.3, 0.4) is 0 Å². The van der Waals surface area contributed by atoms with Crippen molar-refractivity contribution in [2.45, 2.75) is 12.8 Å². The molecule has 0 aliphatic heterocycles. The second kappa shape index (κ2) is 5.09. The fourth-order valence-electron chi connectivity index (χ4n) is 1.64. The summed E-state index contributed by atoms with van der Waals surface area (Å²) >= 11 is 0. The van der Waals surface area contributed by atoms with E-state index in [0.717, 1.165) is 0 Å². The number of aliphatic carboxylic acids is 1. The predicted molar refractivity (Wildman–Crippen MR) is 66.1 cm³/mol. The zero-order valence-electron chi connectivity index (χ0n) is 10.5. The van der Waals surface area contributed by atoms with Gasteiger partial charge >= 0.3 is 5.97 Å². The Balaban J connectivity index is 2.37. The van der Waals surface area contributed by atoms with Crippen LogP contribution in [-0.2, 0) is 4.79 Å². The lowest BCUT2D eigenvalue weighted by atomic mass is 10.1. The van der Waals surface area contributed by atoms with Gasteiger partial charge in [0.15, 0.2) is 0 Å². The molecule has 1 heterocycles.